The number of carbonyl (C=O) groups is 1. The van der Waals surface area contributed by atoms with Crippen LogP contribution in [0.1, 0.15) is 37.3 Å². The smallest absolute Gasteiger partial charge is 0.248 e. The number of sulfonamides is 1. The van der Waals surface area contributed by atoms with Crippen LogP contribution < -0.4 is 10.1 Å². The monoisotopic (exact) mass is 458 g/mol. The van der Waals surface area contributed by atoms with Crippen molar-refractivity contribution in [1.29, 1.82) is 0 Å². The van der Waals surface area contributed by atoms with Crippen LogP contribution in [0.3, 0.4) is 0 Å². The molecule has 0 aromatic heterocycles. The number of nitrogens with one attached hydrogen (secondary N) is 1. The molecule has 1 unspecified atom stereocenters. The second-order valence-electron chi connectivity index (χ2n) is 7.65. The van der Waals surface area contributed by atoms with Crippen LogP contribution in [0.5, 0.6) is 5.75 Å². The molecule has 172 valence electrons. The zero-order chi connectivity index (χ0) is 23.1. The minimum absolute atomic E-state index is 0.0755. The molecule has 1 saturated heterocycles. The van der Waals surface area contributed by atoms with Gasteiger partial charge in [0.2, 0.25) is 15.9 Å². The van der Waals surface area contributed by atoms with Gasteiger partial charge >= 0.3 is 0 Å². The SMILES string of the molecule is CCC(C)c1ccccc1NC(=O)C=Cc1ccc(OC)c(S(=O)(=O)N2CCOCC2)c1. The molecule has 0 bridgehead atoms. The molecular weight excluding hydrogens is 428 g/mol. The molecule has 2 aromatic carbocycles. The van der Waals surface area contributed by atoms with Crippen molar-refractivity contribution in [3.63, 3.8) is 0 Å². The molecule has 0 radical (unpaired) electrons. The number of amides is 1. The number of rotatable bonds is 8. The number of hydrogen-bond acceptors (Lipinski definition) is 5. The first kappa shape index (κ1) is 24.0. The van der Waals surface area contributed by atoms with Gasteiger partial charge in [-0.3, -0.25) is 4.79 Å². The molecule has 0 aliphatic carbocycles. The highest BCUT2D eigenvalue weighted by atomic mass is 32.2. The third-order valence-electron chi connectivity index (χ3n) is 5.56. The molecule has 8 heteroatoms. The Morgan fingerprint density at radius 2 is 1.94 bits per heavy atom. The maximum atomic E-state index is 13.1. The Morgan fingerprint density at radius 3 is 2.62 bits per heavy atom. The van der Waals surface area contributed by atoms with E-state index in [0.717, 1.165) is 17.7 Å². The number of para-hydroxylation sites is 1. The third kappa shape index (κ3) is 5.56. The number of morpholine rings is 1. The van der Waals surface area contributed by atoms with Gasteiger partial charge in [0.1, 0.15) is 10.6 Å². The number of benzene rings is 2. The van der Waals surface area contributed by atoms with Crippen molar-refractivity contribution in [1.82, 2.24) is 4.31 Å². The molecule has 1 aliphatic heterocycles. The summed E-state index contributed by atoms with van der Waals surface area (Å²) in [6.45, 7) is 5.54. The fourth-order valence-corrected chi connectivity index (χ4v) is 5.13. The van der Waals surface area contributed by atoms with E-state index in [1.165, 1.54) is 23.6 Å². The van der Waals surface area contributed by atoms with Gasteiger partial charge in [0, 0.05) is 24.9 Å². The van der Waals surface area contributed by atoms with E-state index in [2.05, 4.69) is 19.2 Å². The summed E-state index contributed by atoms with van der Waals surface area (Å²) in [5.74, 6) is 0.305. The van der Waals surface area contributed by atoms with Crippen LogP contribution in [-0.2, 0) is 19.6 Å². The summed E-state index contributed by atoms with van der Waals surface area (Å²) in [5, 5.41) is 2.92. The van der Waals surface area contributed by atoms with Crippen molar-refractivity contribution >= 4 is 27.7 Å². The van der Waals surface area contributed by atoms with Crippen LogP contribution in [-0.4, -0.2) is 52.0 Å². The van der Waals surface area contributed by atoms with Crippen LogP contribution >= 0.6 is 0 Å². The standard InChI is InChI=1S/C24H30N2O5S/c1-4-18(2)20-7-5-6-8-21(20)25-24(27)12-10-19-9-11-22(30-3)23(17-19)32(28,29)26-13-15-31-16-14-26/h5-12,17-18H,4,13-16H2,1-3H3,(H,25,27). The lowest BCUT2D eigenvalue weighted by Gasteiger charge is -2.26. The fraction of sp³-hybridized carbons (Fsp3) is 0.375. The zero-order valence-electron chi connectivity index (χ0n) is 18.7. The zero-order valence-corrected chi connectivity index (χ0v) is 19.5. The highest BCUT2D eigenvalue weighted by molar-refractivity contribution is 7.89. The lowest BCUT2D eigenvalue weighted by molar-refractivity contribution is -0.111. The summed E-state index contributed by atoms with van der Waals surface area (Å²) in [4.78, 5) is 12.6. The van der Waals surface area contributed by atoms with Crippen molar-refractivity contribution in [3.8, 4) is 5.75 Å². The molecule has 1 aliphatic rings. The first-order valence-electron chi connectivity index (χ1n) is 10.7. The average molecular weight is 459 g/mol. The summed E-state index contributed by atoms with van der Waals surface area (Å²) in [6.07, 6.45) is 3.97. The van der Waals surface area contributed by atoms with Crippen molar-refractivity contribution < 1.29 is 22.7 Å². The molecule has 3 rings (SSSR count). The van der Waals surface area contributed by atoms with Crippen molar-refractivity contribution in [3.05, 3.63) is 59.7 Å². The largest absolute Gasteiger partial charge is 0.495 e. The van der Waals surface area contributed by atoms with E-state index in [0.29, 0.717) is 37.8 Å². The van der Waals surface area contributed by atoms with Crippen LogP contribution in [0.25, 0.3) is 6.08 Å². The van der Waals surface area contributed by atoms with Crippen molar-refractivity contribution in [2.24, 2.45) is 0 Å². The van der Waals surface area contributed by atoms with Gasteiger partial charge in [0.05, 0.1) is 20.3 Å². The molecule has 32 heavy (non-hydrogen) atoms. The van der Waals surface area contributed by atoms with Crippen molar-refractivity contribution in [2.45, 2.75) is 31.1 Å². The summed E-state index contributed by atoms with van der Waals surface area (Å²) in [7, 11) is -2.30. The predicted octanol–water partition coefficient (Wildman–Crippen LogP) is 3.88. The Labute approximate surface area is 190 Å². The topological polar surface area (TPSA) is 84.9 Å². The molecule has 1 atom stereocenters. The molecular formula is C24H30N2O5S. The van der Waals surface area contributed by atoms with Crippen LogP contribution in [0.15, 0.2) is 53.4 Å². The van der Waals surface area contributed by atoms with Gasteiger partial charge < -0.3 is 14.8 Å². The number of methoxy groups -OCH3 is 1. The summed E-state index contributed by atoms with van der Waals surface area (Å²) >= 11 is 0. The van der Waals surface area contributed by atoms with Gasteiger partial charge in [-0.2, -0.15) is 4.31 Å². The van der Waals surface area contributed by atoms with E-state index in [1.807, 2.05) is 24.3 Å². The maximum Gasteiger partial charge on any atom is 0.248 e. The van der Waals surface area contributed by atoms with E-state index in [1.54, 1.807) is 18.2 Å². The van der Waals surface area contributed by atoms with Crippen LogP contribution in [0.4, 0.5) is 5.69 Å². The highest BCUT2D eigenvalue weighted by Crippen LogP contribution is 2.29. The van der Waals surface area contributed by atoms with E-state index in [-0.39, 0.29) is 16.6 Å². The number of anilines is 1. The Bertz CT molecular complexity index is 1080. The van der Waals surface area contributed by atoms with Gasteiger partial charge in [-0.15, -0.1) is 0 Å². The van der Waals surface area contributed by atoms with E-state index in [9.17, 15) is 13.2 Å². The van der Waals surface area contributed by atoms with Gasteiger partial charge in [-0.25, -0.2) is 8.42 Å². The quantitative estimate of drug-likeness (QED) is 0.607. The molecule has 0 saturated carbocycles. The van der Waals surface area contributed by atoms with Crippen LogP contribution in [0, 0.1) is 0 Å². The fourth-order valence-electron chi connectivity index (χ4n) is 3.53. The Kier molecular flexibility index (Phi) is 8.06. The second kappa shape index (κ2) is 10.8. The van der Waals surface area contributed by atoms with Gasteiger partial charge in [-0.05, 0) is 47.7 Å². The molecule has 1 N–H and O–H groups in total. The number of ether oxygens (including phenoxy) is 2. The molecule has 2 aromatic rings. The first-order chi connectivity index (χ1) is 15.4. The predicted molar refractivity (Wildman–Crippen MR) is 125 cm³/mol. The lowest BCUT2D eigenvalue weighted by atomic mass is 9.97. The Balaban J connectivity index is 1.81. The third-order valence-corrected chi connectivity index (χ3v) is 7.48. The lowest BCUT2D eigenvalue weighted by Crippen LogP contribution is -2.40. The summed E-state index contributed by atoms with van der Waals surface area (Å²) in [5.41, 5.74) is 2.45. The first-order valence-corrected chi connectivity index (χ1v) is 12.1. The molecule has 1 heterocycles. The number of hydrogen-bond donors (Lipinski definition) is 1. The van der Waals surface area contributed by atoms with Gasteiger partial charge in [0.15, 0.2) is 0 Å². The van der Waals surface area contributed by atoms with E-state index >= 15 is 0 Å². The second-order valence-corrected chi connectivity index (χ2v) is 9.55. The molecule has 7 nitrogen and oxygen atoms in total. The van der Waals surface area contributed by atoms with Gasteiger partial charge in [-0.1, -0.05) is 38.1 Å². The van der Waals surface area contributed by atoms with Crippen LogP contribution in [0.2, 0.25) is 0 Å². The molecule has 1 amide bonds. The minimum atomic E-state index is -3.74. The van der Waals surface area contributed by atoms with E-state index < -0.39 is 10.0 Å². The molecule has 0 spiro atoms. The van der Waals surface area contributed by atoms with Gasteiger partial charge in [0.25, 0.3) is 0 Å². The average Bonchev–Trinajstić information content (AvgIpc) is 2.83. The number of nitrogens with zero attached hydrogens (tertiary/aromatic N) is 1. The highest BCUT2D eigenvalue weighted by Gasteiger charge is 2.29. The summed E-state index contributed by atoms with van der Waals surface area (Å²) in [6, 6.07) is 12.6. The number of carbonyl (C=O) groups excluding carboxylic acids is 1. The summed E-state index contributed by atoms with van der Waals surface area (Å²) < 4.78 is 38.2. The Morgan fingerprint density at radius 1 is 1.22 bits per heavy atom. The normalized spacial score (nSPS) is 16.1. The van der Waals surface area contributed by atoms with E-state index in [4.69, 9.17) is 9.47 Å². The Hall–Kier alpha value is -2.68. The maximum absolute atomic E-state index is 13.1. The molecule has 1 fully saturated rings. The van der Waals surface area contributed by atoms with Crippen molar-refractivity contribution in [2.75, 3.05) is 38.7 Å². The minimum Gasteiger partial charge on any atom is -0.495 e.